The Hall–Kier alpha value is -2.06. The summed E-state index contributed by atoms with van der Waals surface area (Å²) in [7, 11) is 0. The summed E-state index contributed by atoms with van der Waals surface area (Å²) in [6, 6.07) is 1.76. The van der Waals surface area contributed by atoms with Crippen molar-refractivity contribution in [2.45, 2.75) is 10.2 Å². The van der Waals surface area contributed by atoms with E-state index in [0.29, 0.717) is 11.1 Å². The molecule has 9 heteroatoms. The predicted octanol–water partition coefficient (Wildman–Crippen LogP) is 1.65. The minimum Gasteiger partial charge on any atom is -0.274 e. The molecule has 0 amide bonds. The van der Waals surface area contributed by atoms with Gasteiger partial charge in [-0.15, -0.1) is 0 Å². The SMILES string of the molecule is Clc1nc(Sc2ccncn2)nc(-n2ccnc2)n1. The molecule has 0 aromatic carbocycles. The summed E-state index contributed by atoms with van der Waals surface area (Å²) in [4.78, 5) is 24.2. The fourth-order valence-electron chi connectivity index (χ4n) is 1.29. The summed E-state index contributed by atoms with van der Waals surface area (Å²) in [5.74, 6) is 0.411. The van der Waals surface area contributed by atoms with Gasteiger partial charge in [0.25, 0.3) is 0 Å². The lowest BCUT2D eigenvalue weighted by Gasteiger charge is -2.03. The second-order valence-corrected chi connectivity index (χ2v) is 4.63. The van der Waals surface area contributed by atoms with Crippen molar-refractivity contribution in [3.63, 3.8) is 0 Å². The summed E-state index contributed by atoms with van der Waals surface area (Å²) in [5.41, 5.74) is 0. The third kappa shape index (κ3) is 2.85. The molecule has 0 aliphatic heterocycles. The Kier molecular flexibility index (Phi) is 3.34. The minimum absolute atomic E-state index is 0.121. The average molecular weight is 292 g/mol. The second-order valence-electron chi connectivity index (χ2n) is 3.31. The molecule has 0 aliphatic carbocycles. The lowest BCUT2D eigenvalue weighted by Crippen LogP contribution is -2.02. The summed E-state index contributed by atoms with van der Waals surface area (Å²) < 4.78 is 1.65. The molecule has 94 valence electrons. The van der Waals surface area contributed by atoms with Crippen molar-refractivity contribution < 1.29 is 0 Å². The first kappa shape index (κ1) is 12.0. The fourth-order valence-corrected chi connectivity index (χ4v) is 2.17. The maximum Gasteiger partial charge on any atom is 0.240 e. The number of hydrogen-bond acceptors (Lipinski definition) is 7. The van der Waals surface area contributed by atoms with Crippen molar-refractivity contribution in [3.8, 4) is 5.95 Å². The third-order valence-corrected chi connectivity index (χ3v) is 3.05. The number of halogens is 1. The van der Waals surface area contributed by atoms with Gasteiger partial charge in [0.2, 0.25) is 11.2 Å². The van der Waals surface area contributed by atoms with E-state index in [-0.39, 0.29) is 5.28 Å². The predicted molar refractivity (Wildman–Crippen MR) is 68.1 cm³/mol. The zero-order valence-electron chi connectivity index (χ0n) is 9.38. The molecule has 0 bridgehead atoms. The topological polar surface area (TPSA) is 82.3 Å². The van der Waals surface area contributed by atoms with E-state index < -0.39 is 0 Å². The van der Waals surface area contributed by atoms with Gasteiger partial charge < -0.3 is 0 Å². The van der Waals surface area contributed by atoms with Gasteiger partial charge in [0.15, 0.2) is 5.16 Å². The van der Waals surface area contributed by atoms with Gasteiger partial charge in [-0.05, 0) is 29.4 Å². The molecule has 0 unspecified atom stereocenters. The molecule has 0 saturated carbocycles. The lowest BCUT2D eigenvalue weighted by atomic mass is 10.7. The van der Waals surface area contributed by atoms with Gasteiger partial charge >= 0.3 is 0 Å². The number of imidazole rings is 1. The standard InChI is InChI=1S/C10H6ClN7S/c11-8-15-9(18-4-3-13-6-18)17-10(16-8)19-7-1-2-12-5-14-7/h1-6H. The fraction of sp³-hybridized carbons (Fsp3) is 0. The van der Waals surface area contributed by atoms with E-state index in [4.69, 9.17) is 11.6 Å². The van der Waals surface area contributed by atoms with Crippen LogP contribution in [0.1, 0.15) is 0 Å². The van der Waals surface area contributed by atoms with Crippen LogP contribution in [-0.2, 0) is 0 Å². The molecule has 3 aromatic rings. The van der Waals surface area contributed by atoms with Gasteiger partial charge in [0, 0.05) is 18.6 Å². The second kappa shape index (κ2) is 5.29. The van der Waals surface area contributed by atoms with Crippen LogP contribution in [0.15, 0.2) is 47.5 Å². The van der Waals surface area contributed by atoms with Gasteiger partial charge in [-0.3, -0.25) is 4.57 Å². The Morgan fingerprint density at radius 2 is 2.05 bits per heavy atom. The van der Waals surface area contributed by atoms with Crippen LogP contribution in [0.3, 0.4) is 0 Å². The van der Waals surface area contributed by atoms with Crippen molar-refractivity contribution in [2.24, 2.45) is 0 Å². The van der Waals surface area contributed by atoms with Gasteiger partial charge in [-0.1, -0.05) is 0 Å². The van der Waals surface area contributed by atoms with E-state index in [9.17, 15) is 0 Å². The van der Waals surface area contributed by atoms with Crippen molar-refractivity contribution in [3.05, 3.63) is 42.6 Å². The number of hydrogen-bond donors (Lipinski definition) is 0. The van der Waals surface area contributed by atoms with E-state index in [1.165, 1.54) is 18.1 Å². The van der Waals surface area contributed by atoms with Gasteiger partial charge in [0.1, 0.15) is 17.7 Å². The molecule has 3 aromatic heterocycles. The van der Waals surface area contributed by atoms with Crippen LogP contribution in [0, 0.1) is 0 Å². The third-order valence-electron chi connectivity index (χ3n) is 2.06. The van der Waals surface area contributed by atoms with Crippen LogP contribution in [-0.4, -0.2) is 34.5 Å². The van der Waals surface area contributed by atoms with E-state index in [0.717, 1.165) is 5.03 Å². The summed E-state index contributed by atoms with van der Waals surface area (Å²) >= 11 is 7.17. The highest BCUT2D eigenvalue weighted by atomic mass is 35.5. The average Bonchev–Trinajstić information content (AvgIpc) is 2.93. The maximum absolute atomic E-state index is 5.89. The van der Waals surface area contributed by atoms with Crippen molar-refractivity contribution in [1.29, 1.82) is 0 Å². The van der Waals surface area contributed by atoms with Crippen LogP contribution >= 0.6 is 23.4 Å². The van der Waals surface area contributed by atoms with E-state index in [1.54, 1.807) is 35.6 Å². The van der Waals surface area contributed by atoms with Gasteiger partial charge in [-0.25, -0.2) is 15.0 Å². The Morgan fingerprint density at radius 3 is 2.79 bits per heavy atom. The largest absolute Gasteiger partial charge is 0.274 e. The smallest absolute Gasteiger partial charge is 0.240 e. The number of nitrogens with zero attached hydrogens (tertiary/aromatic N) is 7. The normalized spacial score (nSPS) is 10.6. The molecular weight excluding hydrogens is 286 g/mol. The van der Waals surface area contributed by atoms with Crippen LogP contribution in [0.5, 0.6) is 0 Å². The molecule has 0 N–H and O–H groups in total. The molecule has 0 saturated heterocycles. The first-order chi connectivity index (χ1) is 9.31. The van der Waals surface area contributed by atoms with Gasteiger partial charge in [0.05, 0.1) is 0 Å². The zero-order valence-corrected chi connectivity index (χ0v) is 11.0. The van der Waals surface area contributed by atoms with E-state index in [1.807, 2.05) is 0 Å². The van der Waals surface area contributed by atoms with Crippen LogP contribution in [0.4, 0.5) is 0 Å². The van der Waals surface area contributed by atoms with E-state index in [2.05, 4.69) is 29.9 Å². The highest BCUT2D eigenvalue weighted by Crippen LogP contribution is 2.23. The Balaban J connectivity index is 1.94. The molecule has 7 nitrogen and oxygen atoms in total. The van der Waals surface area contributed by atoms with Crippen LogP contribution in [0.2, 0.25) is 5.28 Å². The number of aromatic nitrogens is 7. The molecule has 3 rings (SSSR count). The van der Waals surface area contributed by atoms with Crippen LogP contribution in [0.25, 0.3) is 5.95 Å². The summed E-state index contributed by atoms with van der Waals surface area (Å²) in [6.07, 6.45) is 8.06. The molecule has 0 fully saturated rings. The van der Waals surface area contributed by atoms with Crippen molar-refractivity contribution in [1.82, 2.24) is 34.5 Å². The summed E-state index contributed by atoms with van der Waals surface area (Å²) in [6.45, 7) is 0. The molecule has 3 heterocycles. The molecule has 0 atom stereocenters. The lowest BCUT2D eigenvalue weighted by molar-refractivity contribution is 0.822. The molecule has 0 aliphatic rings. The van der Waals surface area contributed by atoms with Crippen molar-refractivity contribution in [2.75, 3.05) is 0 Å². The zero-order chi connectivity index (χ0) is 13.1. The van der Waals surface area contributed by atoms with E-state index >= 15 is 0 Å². The molecule has 0 spiro atoms. The highest BCUT2D eigenvalue weighted by molar-refractivity contribution is 7.99. The Labute approximate surface area is 117 Å². The van der Waals surface area contributed by atoms with Gasteiger partial charge in [-0.2, -0.15) is 15.0 Å². The first-order valence-corrected chi connectivity index (χ1v) is 6.34. The van der Waals surface area contributed by atoms with Crippen molar-refractivity contribution >= 4 is 23.4 Å². The molecular formula is C10H6ClN7S. The minimum atomic E-state index is 0.121. The Morgan fingerprint density at radius 1 is 1.11 bits per heavy atom. The van der Waals surface area contributed by atoms with Crippen LogP contribution < -0.4 is 0 Å². The summed E-state index contributed by atoms with van der Waals surface area (Å²) in [5, 5.41) is 1.31. The molecule has 0 radical (unpaired) electrons. The maximum atomic E-state index is 5.89. The quantitative estimate of drug-likeness (QED) is 0.679. The molecule has 19 heavy (non-hydrogen) atoms. The Bertz CT molecular complexity index is 674. The first-order valence-electron chi connectivity index (χ1n) is 5.15. The highest BCUT2D eigenvalue weighted by Gasteiger charge is 2.08. The monoisotopic (exact) mass is 291 g/mol. The number of rotatable bonds is 3.